The van der Waals surface area contributed by atoms with Gasteiger partial charge >= 0.3 is 0 Å². The van der Waals surface area contributed by atoms with Crippen molar-refractivity contribution >= 4 is 5.91 Å². The van der Waals surface area contributed by atoms with Gasteiger partial charge in [-0.3, -0.25) is 4.79 Å². The highest BCUT2D eigenvalue weighted by molar-refractivity contribution is 5.76. The molecule has 0 saturated heterocycles. The van der Waals surface area contributed by atoms with E-state index in [-0.39, 0.29) is 12.2 Å². The summed E-state index contributed by atoms with van der Waals surface area (Å²) in [6.07, 6.45) is 0.173. The average Bonchev–Trinajstić information content (AvgIpc) is 1.94. The van der Waals surface area contributed by atoms with Crippen molar-refractivity contribution in [3.05, 3.63) is 35.1 Å². The lowest BCUT2D eigenvalue weighted by Crippen LogP contribution is -2.14. The largest absolute Gasteiger partial charge is 0.369 e. The van der Waals surface area contributed by atoms with Crippen LogP contribution in [0.3, 0.4) is 0 Å². The Morgan fingerprint density at radius 1 is 1.58 bits per heavy atom. The highest BCUT2D eigenvalue weighted by atomic mass is 19.1. The van der Waals surface area contributed by atoms with Crippen molar-refractivity contribution in [3.63, 3.8) is 0 Å². The lowest BCUT2D eigenvalue weighted by Gasteiger charge is -2.01. The Morgan fingerprint density at radius 3 is 2.75 bits per heavy atom. The summed E-state index contributed by atoms with van der Waals surface area (Å²) in [5.41, 5.74) is 6.54. The van der Waals surface area contributed by atoms with E-state index >= 15 is 0 Å². The van der Waals surface area contributed by atoms with E-state index in [9.17, 15) is 9.18 Å². The molecule has 0 fully saturated rings. The zero-order valence-corrected chi connectivity index (χ0v) is 6.80. The molecule has 0 aliphatic carbocycles. The third kappa shape index (κ3) is 2.05. The van der Waals surface area contributed by atoms with Crippen molar-refractivity contribution in [1.82, 2.24) is 0 Å². The van der Waals surface area contributed by atoms with Gasteiger partial charge in [0.1, 0.15) is 5.82 Å². The fourth-order valence-electron chi connectivity index (χ4n) is 1.05. The smallest absolute Gasteiger partial charge is 0.221 e. The van der Waals surface area contributed by atoms with Gasteiger partial charge in [-0.2, -0.15) is 0 Å². The molecule has 3 heteroatoms. The van der Waals surface area contributed by atoms with E-state index in [1.54, 1.807) is 13.0 Å². The normalized spacial score (nSPS) is 9.83. The Hall–Kier alpha value is -1.38. The highest BCUT2D eigenvalue weighted by Gasteiger charge is 2.02. The summed E-state index contributed by atoms with van der Waals surface area (Å²) in [6.45, 7) is 1.75. The van der Waals surface area contributed by atoms with Crippen LogP contribution in [0.5, 0.6) is 0 Å². The number of primary amides is 1. The molecule has 0 aliphatic heterocycles. The highest BCUT2D eigenvalue weighted by Crippen LogP contribution is 2.10. The maximum atomic E-state index is 12.6. The van der Waals surface area contributed by atoms with E-state index in [4.69, 9.17) is 5.73 Å². The summed E-state index contributed by atoms with van der Waals surface area (Å²) in [4.78, 5) is 10.5. The number of hydrogen-bond acceptors (Lipinski definition) is 1. The molecular formula is C9H10FNO. The second-order valence-corrected chi connectivity index (χ2v) is 2.71. The predicted molar refractivity (Wildman–Crippen MR) is 44.0 cm³/mol. The fraction of sp³-hybridized carbons (Fsp3) is 0.222. The van der Waals surface area contributed by atoms with Gasteiger partial charge < -0.3 is 5.73 Å². The predicted octanol–water partition coefficient (Wildman–Crippen LogP) is 1.16. The number of hydrogen-bond donors (Lipinski definition) is 1. The number of carbonyl (C=O) groups excluding carboxylic acids is 1. The molecule has 0 aliphatic rings. The Labute approximate surface area is 70.2 Å². The molecule has 0 unspecified atom stereocenters. The van der Waals surface area contributed by atoms with Gasteiger partial charge in [-0.1, -0.05) is 6.07 Å². The summed E-state index contributed by atoms with van der Waals surface area (Å²) in [6, 6.07) is 4.29. The van der Waals surface area contributed by atoms with Gasteiger partial charge in [0.15, 0.2) is 0 Å². The third-order valence-electron chi connectivity index (χ3n) is 1.67. The van der Waals surface area contributed by atoms with Crippen LogP contribution < -0.4 is 5.73 Å². The first-order valence-corrected chi connectivity index (χ1v) is 3.63. The van der Waals surface area contributed by atoms with E-state index < -0.39 is 5.91 Å². The summed E-state index contributed by atoms with van der Waals surface area (Å²) >= 11 is 0. The minimum atomic E-state index is -0.398. The van der Waals surface area contributed by atoms with E-state index in [2.05, 4.69) is 0 Å². The van der Waals surface area contributed by atoms with Crippen LogP contribution in [0.15, 0.2) is 18.2 Å². The molecule has 0 bridgehead atoms. The van der Waals surface area contributed by atoms with E-state index in [1.807, 2.05) is 0 Å². The van der Waals surface area contributed by atoms with Crippen LogP contribution in [0, 0.1) is 12.7 Å². The molecular weight excluding hydrogens is 157 g/mol. The first kappa shape index (κ1) is 8.71. The minimum Gasteiger partial charge on any atom is -0.369 e. The van der Waals surface area contributed by atoms with Crippen LogP contribution >= 0.6 is 0 Å². The Kier molecular flexibility index (Phi) is 2.43. The maximum Gasteiger partial charge on any atom is 0.221 e. The van der Waals surface area contributed by atoms with Gasteiger partial charge in [0.2, 0.25) is 5.91 Å². The van der Waals surface area contributed by atoms with Gasteiger partial charge in [0, 0.05) is 0 Å². The third-order valence-corrected chi connectivity index (χ3v) is 1.67. The van der Waals surface area contributed by atoms with Gasteiger partial charge in [-0.15, -0.1) is 0 Å². The maximum absolute atomic E-state index is 12.6. The molecule has 0 aromatic heterocycles. The van der Waals surface area contributed by atoms with Crippen molar-refractivity contribution in [3.8, 4) is 0 Å². The Bertz CT molecular complexity index is 309. The molecule has 0 heterocycles. The standard InChI is InChI=1S/C9H10FNO/c1-6-4-8(10)3-2-7(6)5-9(11)12/h2-4H,5H2,1H3,(H2,11,12). The zero-order valence-electron chi connectivity index (χ0n) is 6.80. The van der Waals surface area contributed by atoms with E-state index in [0.717, 1.165) is 11.1 Å². The lowest BCUT2D eigenvalue weighted by molar-refractivity contribution is -0.117. The molecule has 2 N–H and O–H groups in total. The molecule has 0 radical (unpaired) electrons. The fourth-order valence-corrected chi connectivity index (χ4v) is 1.05. The number of carbonyl (C=O) groups is 1. The number of amides is 1. The number of aryl methyl sites for hydroxylation is 1. The van der Waals surface area contributed by atoms with Crippen LogP contribution in [0.25, 0.3) is 0 Å². The van der Waals surface area contributed by atoms with Crippen molar-refractivity contribution in [2.24, 2.45) is 5.73 Å². The Morgan fingerprint density at radius 2 is 2.25 bits per heavy atom. The van der Waals surface area contributed by atoms with E-state index in [0.29, 0.717) is 0 Å². The molecule has 2 nitrogen and oxygen atoms in total. The lowest BCUT2D eigenvalue weighted by atomic mass is 10.1. The van der Waals surface area contributed by atoms with Crippen LogP contribution in [0.2, 0.25) is 0 Å². The van der Waals surface area contributed by atoms with Gasteiger partial charge in [-0.05, 0) is 30.2 Å². The van der Waals surface area contributed by atoms with Crippen molar-refractivity contribution in [2.75, 3.05) is 0 Å². The molecule has 0 atom stereocenters. The quantitative estimate of drug-likeness (QED) is 0.705. The number of rotatable bonds is 2. The van der Waals surface area contributed by atoms with Gasteiger partial charge in [-0.25, -0.2) is 4.39 Å². The SMILES string of the molecule is Cc1cc(F)ccc1CC(N)=O. The van der Waals surface area contributed by atoms with Crippen LogP contribution in [-0.4, -0.2) is 5.91 Å². The molecule has 1 amide bonds. The van der Waals surface area contributed by atoms with Crippen LogP contribution in [-0.2, 0) is 11.2 Å². The summed E-state index contributed by atoms with van der Waals surface area (Å²) in [7, 11) is 0. The second-order valence-electron chi connectivity index (χ2n) is 2.71. The monoisotopic (exact) mass is 167 g/mol. The van der Waals surface area contributed by atoms with Crippen molar-refractivity contribution < 1.29 is 9.18 Å². The minimum absolute atomic E-state index is 0.173. The molecule has 1 aromatic carbocycles. The molecule has 0 saturated carbocycles. The first-order valence-electron chi connectivity index (χ1n) is 3.63. The van der Waals surface area contributed by atoms with Gasteiger partial charge in [0.05, 0.1) is 6.42 Å². The number of benzene rings is 1. The average molecular weight is 167 g/mol. The summed E-state index contributed by atoms with van der Waals surface area (Å²) < 4.78 is 12.6. The summed E-state index contributed by atoms with van der Waals surface area (Å²) in [5, 5.41) is 0. The molecule has 12 heavy (non-hydrogen) atoms. The van der Waals surface area contributed by atoms with Crippen LogP contribution in [0.1, 0.15) is 11.1 Å². The molecule has 64 valence electrons. The molecule has 0 spiro atoms. The topological polar surface area (TPSA) is 43.1 Å². The molecule has 1 rings (SSSR count). The molecule has 1 aromatic rings. The van der Waals surface area contributed by atoms with Crippen LogP contribution in [0.4, 0.5) is 4.39 Å². The van der Waals surface area contributed by atoms with Gasteiger partial charge in [0.25, 0.3) is 0 Å². The Balaban J connectivity index is 2.93. The first-order chi connectivity index (χ1) is 5.59. The second kappa shape index (κ2) is 3.34. The zero-order chi connectivity index (χ0) is 9.14. The number of halogens is 1. The summed E-state index contributed by atoms with van der Waals surface area (Å²) in [5.74, 6) is -0.689. The van der Waals surface area contributed by atoms with Crippen molar-refractivity contribution in [1.29, 1.82) is 0 Å². The van der Waals surface area contributed by atoms with E-state index in [1.165, 1.54) is 12.1 Å². The number of nitrogens with two attached hydrogens (primary N) is 1. The van der Waals surface area contributed by atoms with Crippen molar-refractivity contribution in [2.45, 2.75) is 13.3 Å².